The van der Waals surface area contributed by atoms with E-state index in [-0.39, 0.29) is 18.3 Å². The number of hydrogen-bond acceptors (Lipinski definition) is 4. The second kappa shape index (κ2) is 10.4. The van der Waals surface area contributed by atoms with E-state index in [1.165, 1.54) is 18.9 Å². The maximum atomic E-state index is 12.4. The topological polar surface area (TPSA) is 76.0 Å². The van der Waals surface area contributed by atoms with Crippen molar-refractivity contribution in [1.29, 1.82) is 0 Å². The van der Waals surface area contributed by atoms with Gasteiger partial charge in [-0.3, -0.25) is 0 Å². The maximum absolute atomic E-state index is 12.4. The van der Waals surface area contributed by atoms with Crippen LogP contribution in [0.5, 0.6) is 5.75 Å². The Morgan fingerprint density at radius 3 is 2.69 bits per heavy atom. The normalized spacial score (nSPS) is 17.0. The summed E-state index contributed by atoms with van der Waals surface area (Å²) in [6.07, 6.45) is 2.61. The van der Waals surface area contributed by atoms with Crippen LogP contribution in [0.2, 0.25) is 0 Å². The van der Waals surface area contributed by atoms with Crippen LogP contribution in [0.25, 0.3) is 0 Å². The van der Waals surface area contributed by atoms with E-state index in [0.29, 0.717) is 24.6 Å². The van der Waals surface area contributed by atoms with Gasteiger partial charge in [0.25, 0.3) is 0 Å². The number of aromatic hydroxyl groups is 1. The van der Waals surface area contributed by atoms with Crippen LogP contribution in [0.15, 0.2) is 24.3 Å². The molecule has 0 bridgehead atoms. The van der Waals surface area contributed by atoms with Crippen molar-refractivity contribution in [3.63, 3.8) is 0 Å². The van der Waals surface area contributed by atoms with E-state index >= 15 is 0 Å². The van der Waals surface area contributed by atoms with E-state index in [2.05, 4.69) is 17.1 Å². The molecule has 1 heterocycles. The number of hydrogen-bond donors (Lipinski definition) is 3. The Hall–Kier alpha value is -1.79. The molecule has 0 unspecified atom stereocenters. The molecule has 0 saturated carbocycles. The third-order valence-electron chi connectivity index (χ3n) is 5.30. The highest BCUT2D eigenvalue weighted by atomic mass is 16.3. The largest absolute Gasteiger partial charge is 0.508 e. The number of carbonyl (C=O) groups is 1. The van der Waals surface area contributed by atoms with E-state index in [4.69, 9.17) is 0 Å². The molecule has 1 aromatic rings. The molecule has 0 spiro atoms. The number of nitrogens with one attached hydrogen (secondary N) is 1. The van der Waals surface area contributed by atoms with Gasteiger partial charge in [0.2, 0.25) is 0 Å². The summed E-state index contributed by atoms with van der Waals surface area (Å²) in [5.74, 6) is 0.800. The number of urea groups is 1. The van der Waals surface area contributed by atoms with Crippen molar-refractivity contribution in [3.05, 3.63) is 29.8 Å². The monoisotopic (exact) mass is 363 g/mol. The minimum absolute atomic E-state index is 0.114. The molecule has 1 aromatic carbocycles. The smallest absolute Gasteiger partial charge is 0.317 e. The summed E-state index contributed by atoms with van der Waals surface area (Å²) >= 11 is 0. The first-order valence-corrected chi connectivity index (χ1v) is 9.75. The fraction of sp³-hybridized carbons (Fsp3) is 0.650. The van der Waals surface area contributed by atoms with Crippen LogP contribution >= 0.6 is 0 Å². The lowest BCUT2D eigenvalue weighted by molar-refractivity contribution is 0.122. The SMILES string of the molecule is CCN1CCC(CCNC(=O)N(CC)C[C@@H](O)c2cccc(O)c2)CC1. The van der Waals surface area contributed by atoms with Gasteiger partial charge in [-0.2, -0.15) is 0 Å². The highest BCUT2D eigenvalue weighted by Gasteiger charge is 2.20. The molecule has 1 saturated heterocycles. The molecule has 26 heavy (non-hydrogen) atoms. The second-order valence-electron chi connectivity index (χ2n) is 7.05. The van der Waals surface area contributed by atoms with Gasteiger partial charge in [-0.15, -0.1) is 0 Å². The van der Waals surface area contributed by atoms with Crippen LogP contribution in [0.1, 0.15) is 44.8 Å². The van der Waals surface area contributed by atoms with Gasteiger partial charge >= 0.3 is 6.03 Å². The van der Waals surface area contributed by atoms with Gasteiger partial charge < -0.3 is 25.3 Å². The van der Waals surface area contributed by atoms with E-state index in [9.17, 15) is 15.0 Å². The van der Waals surface area contributed by atoms with Gasteiger partial charge in [0.15, 0.2) is 0 Å². The number of phenols is 1. The molecule has 6 heteroatoms. The van der Waals surface area contributed by atoms with Crippen LogP contribution in [0.4, 0.5) is 4.79 Å². The highest BCUT2D eigenvalue weighted by molar-refractivity contribution is 5.74. The van der Waals surface area contributed by atoms with Gasteiger partial charge in [0.05, 0.1) is 12.6 Å². The van der Waals surface area contributed by atoms with Gasteiger partial charge in [-0.05, 0) is 69.4 Å². The molecule has 1 atom stereocenters. The number of nitrogens with zero attached hydrogens (tertiary/aromatic N) is 2. The molecule has 2 amide bonds. The molecular formula is C20H33N3O3. The van der Waals surface area contributed by atoms with Crippen LogP contribution in [0.3, 0.4) is 0 Å². The molecule has 2 rings (SSSR count). The zero-order valence-electron chi connectivity index (χ0n) is 16.0. The molecule has 6 nitrogen and oxygen atoms in total. The minimum atomic E-state index is -0.814. The molecule has 3 N–H and O–H groups in total. The summed E-state index contributed by atoms with van der Waals surface area (Å²) in [7, 11) is 0. The van der Waals surface area contributed by atoms with Crippen molar-refractivity contribution in [2.75, 3.05) is 39.3 Å². The molecule has 146 valence electrons. The summed E-state index contributed by atoms with van der Waals surface area (Å²) in [5, 5.41) is 22.9. The predicted octanol–water partition coefficient (Wildman–Crippen LogP) is 2.58. The third kappa shape index (κ3) is 6.18. The molecule has 1 aliphatic heterocycles. The quantitative estimate of drug-likeness (QED) is 0.663. The van der Waals surface area contributed by atoms with Gasteiger partial charge in [-0.25, -0.2) is 4.79 Å². The number of carbonyl (C=O) groups excluding carboxylic acids is 1. The Labute approximate surface area is 156 Å². The van der Waals surface area contributed by atoms with Crippen molar-refractivity contribution in [3.8, 4) is 5.75 Å². The molecular weight excluding hydrogens is 330 g/mol. The fourth-order valence-corrected chi connectivity index (χ4v) is 3.49. The van der Waals surface area contributed by atoms with Crippen molar-refractivity contribution in [1.82, 2.24) is 15.1 Å². The van der Waals surface area contributed by atoms with Crippen molar-refractivity contribution in [2.45, 2.75) is 39.2 Å². The summed E-state index contributed by atoms with van der Waals surface area (Å²) < 4.78 is 0. The number of aliphatic hydroxyl groups excluding tert-OH is 1. The first-order valence-electron chi connectivity index (χ1n) is 9.75. The summed E-state index contributed by atoms with van der Waals surface area (Å²) in [6, 6.07) is 6.38. The number of rotatable bonds is 8. The minimum Gasteiger partial charge on any atom is -0.508 e. The zero-order chi connectivity index (χ0) is 18.9. The number of likely N-dealkylation sites (N-methyl/N-ethyl adjacent to an activating group) is 1. The Balaban J connectivity index is 1.74. The van der Waals surface area contributed by atoms with Gasteiger partial charge in [0.1, 0.15) is 5.75 Å². The van der Waals surface area contributed by atoms with Crippen LogP contribution < -0.4 is 5.32 Å². The molecule has 0 radical (unpaired) electrons. The average molecular weight is 364 g/mol. The van der Waals surface area contributed by atoms with E-state index < -0.39 is 6.10 Å². The number of amides is 2. The number of piperidine rings is 1. The molecule has 1 fully saturated rings. The number of aliphatic hydroxyl groups is 1. The van der Waals surface area contributed by atoms with Crippen molar-refractivity contribution >= 4 is 6.03 Å². The lowest BCUT2D eigenvalue weighted by Gasteiger charge is -2.31. The average Bonchev–Trinajstić information content (AvgIpc) is 2.66. The number of likely N-dealkylation sites (tertiary alicyclic amines) is 1. The zero-order valence-corrected chi connectivity index (χ0v) is 16.0. The Kier molecular flexibility index (Phi) is 8.19. The van der Waals surface area contributed by atoms with E-state index in [1.54, 1.807) is 23.1 Å². The van der Waals surface area contributed by atoms with Gasteiger partial charge in [-0.1, -0.05) is 19.1 Å². The van der Waals surface area contributed by atoms with Crippen molar-refractivity contribution < 1.29 is 15.0 Å². The Morgan fingerprint density at radius 2 is 2.08 bits per heavy atom. The third-order valence-corrected chi connectivity index (χ3v) is 5.30. The summed E-state index contributed by atoms with van der Waals surface area (Å²) in [6.45, 7) is 8.95. The van der Waals surface area contributed by atoms with Crippen LogP contribution in [-0.4, -0.2) is 65.3 Å². The lowest BCUT2D eigenvalue weighted by atomic mass is 9.93. The van der Waals surface area contributed by atoms with Crippen LogP contribution in [-0.2, 0) is 0 Å². The molecule has 0 aromatic heterocycles. The van der Waals surface area contributed by atoms with Crippen molar-refractivity contribution in [2.24, 2.45) is 5.92 Å². The van der Waals surface area contributed by atoms with E-state index in [0.717, 1.165) is 26.1 Å². The maximum Gasteiger partial charge on any atom is 0.317 e. The Morgan fingerprint density at radius 1 is 1.35 bits per heavy atom. The summed E-state index contributed by atoms with van der Waals surface area (Å²) in [5.41, 5.74) is 0.610. The first-order chi connectivity index (χ1) is 12.5. The standard InChI is InChI=1S/C20H33N3O3/c1-3-22-12-9-16(10-13-22)8-11-21-20(26)23(4-2)15-19(25)17-6-5-7-18(24)14-17/h5-7,14,16,19,24-25H,3-4,8-13,15H2,1-2H3,(H,21,26)/t19-/m1/s1. The molecule has 1 aliphatic rings. The first kappa shape index (κ1) is 20.5. The predicted molar refractivity (Wildman–Crippen MR) is 103 cm³/mol. The molecule has 0 aliphatic carbocycles. The van der Waals surface area contributed by atoms with Crippen LogP contribution in [0, 0.1) is 5.92 Å². The fourth-order valence-electron chi connectivity index (χ4n) is 3.49. The number of phenolic OH excluding ortho intramolecular Hbond substituents is 1. The highest BCUT2D eigenvalue weighted by Crippen LogP contribution is 2.20. The second-order valence-corrected chi connectivity index (χ2v) is 7.05. The number of benzene rings is 1. The Bertz CT molecular complexity index is 559. The lowest BCUT2D eigenvalue weighted by Crippen LogP contribution is -2.43. The van der Waals surface area contributed by atoms with Gasteiger partial charge in [0, 0.05) is 13.1 Å². The van der Waals surface area contributed by atoms with E-state index in [1.807, 2.05) is 6.92 Å². The summed E-state index contributed by atoms with van der Waals surface area (Å²) in [4.78, 5) is 16.5.